The van der Waals surface area contributed by atoms with E-state index in [1.54, 1.807) is 46.4 Å². The summed E-state index contributed by atoms with van der Waals surface area (Å²) in [6, 6.07) is 23.5. The highest BCUT2D eigenvalue weighted by Gasteiger charge is 2.40. The first-order chi connectivity index (χ1) is 31.6. The summed E-state index contributed by atoms with van der Waals surface area (Å²) in [6.45, 7) is 11.9. The molecule has 4 heterocycles. The number of allylic oxidation sites excluding steroid dienone is 3. The topological polar surface area (TPSA) is 175 Å². The van der Waals surface area contributed by atoms with Gasteiger partial charge in [-0.05, 0) is 90.3 Å². The minimum Gasteiger partial charge on any atom is -0.444 e. The zero-order valence-electron chi connectivity index (χ0n) is 38.5. The molecule has 0 radical (unpaired) electrons. The summed E-state index contributed by atoms with van der Waals surface area (Å²) in [6.07, 6.45) is 14.1. The van der Waals surface area contributed by atoms with E-state index in [1.165, 1.54) is 0 Å². The second kappa shape index (κ2) is 19.3. The number of imidazole rings is 2. The smallest absolute Gasteiger partial charge is 0.408 e. The van der Waals surface area contributed by atoms with Crippen LogP contribution in [0.25, 0.3) is 33.6 Å². The lowest BCUT2D eigenvalue weighted by Gasteiger charge is -2.32. The van der Waals surface area contributed by atoms with Crippen molar-refractivity contribution in [1.82, 2.24) is 40.4 Å². The van der Waals surface area contributed by atoms with Crippen LogP contribution in [-0.4, -0.2) is 84.1 Å². The molecule has 4 N–H and O–H groups in total. The maximum atomic E-state index is 14.2. The highest BCUT2D eigenvalue weighted by Crippen LogP contribution is 2.36. The zero-order chi connectivity index (χ0) is 46.6. The van der Waals surface area contributed by atoms with Gasteiger partial charge >= 0.3 is 12.2 Å². The van der Waals surface area contributed by atoms with Crippen LogP contribution in [0.2, 0.25) is 0 Å². The number of rotatable bonds is 11. The second-order valence-electron chi connectivity index (χ2n) is 19.2. The Morgan fingerprint density at radius 1 is 0.636 bits per heavy atom. The fourth-order valence-corrected chi connectivity index (χ4v) is 8.94. The molecule has 0 saturated carbocycles. The zero-order valence-corrected chi connectivity index (χ0v) is 38.5. The van der Waals surface area contributed by atoms with Crippen molar-refractivity contribution in [2.75, 3.05) is 13.1 Å². The molecule has 0 bridgehead atoms. The lowest BCUT2D eigenvalue weighted by molar-refractivity contribution is -0.136. The van der Waals surface area contributed by atoms with E-state index in [9.17, 15) is 19.2 Å². The molecule has 344 valence electrons. The van der Waals surface area contributed by atoms with Crippen molar-refractivity contribution in [2.45, 2.75) is 109 Å². The number of hydrogen-bond donors (Lipinski definition) is 4. The van der Waals surface area contributed by atoms with Gasteiger partial charge in [0.2, 0.25) is 5.91 Å². The van der Waals surface area contributed by atoms with Crippen LogP contribution >= 0.6 is 0 Å². The van der Waals surface area contributed by atoms with Gasteiger partial charge in [0.1, 0.15) is 34.9 Å². The van der Waals surface area contributed by atoms with E-state index in [0.29, 0.717) is 36.7 Å². The molecule has 0 spiro atoms. The van der Waals surface area contributed by atoms with Gasteiger partial charge in [-0.15, -0.1) is 0 Å². The average molecular weight is 893 g/mol. The van der Waals surface area contributed by atoms with E-state index in [1.807, 2.05) is 96.2 Å². The largest absolute Gasteiger partial charge is 0.444 e. The normalized spacial score (nSPS) is 19.3. The maximum absolute atomic E-state index is 14.2. The summed E-state index contributed by atoms with van der Waals surface area (Å²) in [5.74, 6) is 0.854. The summed E-state index contributed by atoms with van der Waals surface area (Å²) >= 11 is 0. The van der Waals surface area contributed by atoms with Crippen molar-refractivity contribution in [3.63, 3.8) is 0 Å². The van der Waals surface area contributed by atoms with Crippen LogP contribution in [-0.2, 0) is 19.1 Å². The molecule has 5 aromatic rings. The number of nitrogens with zero attached hydrogens (tertiary/aromatic N) is 4. The van der Waals surface area contributed by atoms with E-state index in [4.69, 9.17) is 19.4 Å². The van der Waals surface area contributed by atoms with Crippen molar-refractivity contribution < 1.29 is 28.7 Å². The minimum absolute atomic E-state index is 0.148. The number of likely N-dealkylation sites (tertiary alicyclic amines) is 2. The first-order valence-corrected chi connectivity index (χ1v) is 22.9. The van der Waals surface area contributed by atoms with E-state index in [0.717, 1.165) is 59.3 Å². The van der Waals surface area contributed by atoms with Crippen LogP contribution in [0.3, 0.4) is 0 Å². The predicted octanol–water partition coefficient (Wildman–Crippen LogP) is 9.75. The Morgan fingerprint density at radius 2 is 1.12 bits per heavy atom. The number of benzene rings is 3. The number of nitrogens with one attached hydrogen (secondary N) is 4. The molecule has 1 aliphatic carbocycles. The Morgan fingerprint density at radius 3 is 1.61 bits per heavy atom. The van der Waals surface area contributed by atoms with Gasteiger partial charge in [-0.1, -0.05) is 103 Å². The monoisotopic (exact) mass is 892 g/mol. The summed E-state index contributed by atoms with van der Waals surface area (Å²) < 4.78 is 11.1. The van der Waals surface area contributed by atoms with Gasteiger partial charge in [0, 0.05) is 42.5 Å². The Hall–Kier alpha value is -6.96. The minimum atomic E-state index is -0.910. The molecule has 4 amide bonds. The molecule has 2 aliphatic heterocycles. The number of ether oxygens (including phenoxy) is 2. The summed E-state index contributed by atoms with van der Waals surface area (Å²) in [5, 5.41) is 5.71. The lowest BCUT2D eigenvalue weighted by atomic mass is 9.91. The first kappa shape index (κ1) is 45.6. The van der Waals surface area contributed by atoms with Gasteiger partial charge in [0.25, 0.3) is 5.91 Å². The number of H-pyrrole nitrogens is 2. The third kappa shape index (κ3) is 10.8. The van der Waals surface area contributed by atoms with Crippen LogP contribution in [0.5, 0.6) is 0 Å². The predicted molar refractivity (Wildman–Crippen MR) is 253 cm³/mol. The van der Waals surface area contributed by atoms with Crippen LogP contribution in [0.1, 0.15) is 109 Å². The van der Waals surface area contributed by atoms with Crippen molar-refractivity contribution >= 4 is 24.0 Å². The van der Waals surface area contributed by atoms with Gasteiger partial charge in [-0.25, -0.2) is 19.6 Å². The quantitative estimate of drug-likeness (QED) is 0.101. The van der Waals surface area contributed by atoms with Crippen LogP contribution in [0.15, 0.2) is 116 Å². The molecule has 3 aliphatic rings. The number of carbonyl (C=O) groups is 4. The molecule has 14 heteroatoms. The van der Waals surface area contributed by atoms with Gasteiger partial charge in [0.05, 0.1) is 23.5 Å². The van der Waals surface area contributed by atoms with Gasteiger partial charge in [-0.2, -0.15) is 0 Å². The molecule has 2 fully saturated rings. The molecule has 2 saturated heterocycles. The molecule has 66 heavy (non-hydrogen) atoms. The standard InChI is InChI=1S/C52H60N8O6/c1-51(2,3)65-49(63)57-43(37-15-9-7-10-16-37)47(61)59-29-13-19-41(59)45-53-31-39(55-45)35-25-21-33(22-26-35)34-23-27-36(28-24-34)40-32-54-46(56-40)42-20-14-30-60(42)48(62)44(38-17-11-8-12-18-38)58-50(64)66-52(4,5)6/h7-12,15-17,21-28,31-32,38,41-44H,13-14,18-20,29-30H2,1-6H3,(H,53,55)(H,54,56)(H,57,63)(H,58,64)/t38?,41-,42-,43+,44+/m0/s1. The number of hydrogen-bond acceptors (Lipinski definition) is 8. The summed E-state index contributed by atoms with van der Waals surface area (Å²) in [5.41, 5.74) is 4.78. The number of aromatic amines is 2. The molecule has 5 atom stereocenters. The first-order valence-electron chi connectivity index (χ1n) is 22.9. The molecule has 1 unspecified atom stereocenters. The second-order valence-corrected chi connectivity index (χ2v) is 19.2. The van der Waals surface area contributed by atoms with E-state index in [-0.39, 0.29) is 29.8 Å². The van der Waals surface area contributed by atoms with E-state index >= 15 is 0 Å². The highest BCUT2D eigenvalue weighted by molar-refractivity contribution is 5.88. The van der Waals surface area contributed by atoms with Crippen molar-refractivity contribution in [1.29, 1.82) is 0 Å². The van der Waals surface area contributed by atoms with E-state index < -0.39 is 35.5 Å². The molecular formula is C52H60N8O6. The van der Waals surface area contributed by atoms with Gasteiger partial charge in [-0.3, -0.25) is 9.59 Å². The average Bonchev–Trinajstić information content (AvgIpc) is 4.14. The molecule has 3 aromatic carbocycles. The number of alkyl carbamates (subject to hydrolysis) is 2. The van der Waals surface area contributed by atoms with Crippen LogP contribution < -0.4 is 10.6 Å². The number of amides is 4. The van der Waals surface area contributed by atoms with Crippen LogP contribution in [0, 0.1) is 5.92 Å². The summed E-state index contributed by atoms with van der Waals surface area (Å²) in [7, 11) is 0. The third-order valence-electron chi connectivity index (χ3n) is 12.0. The van der Waals surface area contributed by atoms with Gasteiger partial charge < -0.3 is 39.9 Å². The molecule has 2 aromatic heterocycles. The SMILES string of the molecule is CC(C)(C)OC(=O)N[C@@H](C(=O)N1CCC[C@H]1c1nc(-c2ccc(-c3ccc(-c4c[nH]c([C@@H]5CCCN5C(=O)[C@H](NC(=O)OC(C)(C)C)C5C=CC=CC5)n4)cc3)cc2)c[nH]1)c1ccccc1. The Kier molecular flexibility index (Phi) is 13.3. The van der Waals surface area contributed by atoms with Crippen LogP contribution in [0.4, 0.5) is 9.59 Å². The van der Waals surface area contributed by atoms with Crippen molar-refractivity contribution in [2.24, 2.45) is 5.92 Å². The molecular weight excluding hydrogens is 833 g/mol. The Labute approximate surface area is 386 Å². The van der Waals surface area contributed by atoms with Crippen molar-refractivity contribution in [3.8, 4) is 33.6 Å². The van der Waals surface area contributed by atoms with Crippen molar-refractivity contribution in [3.05, 3.63) is 133 Å². The summed E-state index contributed by atoms with van der Waals surface area (Å²) in [4.78, 5) is 74.4. The molecule has 8 rings (SSSR count). The Balaban J connectivity index is 0.918. The lowest BCUT2D eigenvalue weighted by Crippen LogP contribution is -2.52. The molecule has 14 nitrogen and oxygen atoms in total. The van der Waals surface area contributed by atoms with E-state index in [2.05, 4.69) is 44.9 Å². The van der Waals surface area contributed by atoms with Gasteiger partial charge in [0.15, 0.2) is 0 Å². The third-order valence-corrected chi connectivity index (χ3v) is 12.0. The fourth-order valence-electron chi connectivity index (χ4n) is 8.94. The Bertz CT molecular complexity index is 2570. The highest BCUT2D eigenvalue weighted by atomic mass is 16.6. The number of carbonyl (C=O) groups excluding carboxylic acids is 4. The fraction of sp³-hybridized carbons (Fsp3) is 0.385. The maximum Gasteiger partial charge on any atom is 0.408 e. The number of aromatic nitrogens is 4.